The quantitative estimate of drug-likeness (QED) is 0.674. The highest BCUT2D eigenvalue weighted by Gasteiger charge is 2.35. The molecule has 0 bridgehead atoms. The van der Waals surface area contributed by atoms with Crippen molar-refractivity contribution in [1.82, 2.24) is 0 Å². The van der Waals surface area contributed by atoms with Crippen LogP contribution in [0.5, 0.6) is 0 Å². The molecule has 1 aromatic rings. The Hall–Kier alpha value is -1.57. The third-order valence-corrected chi connectivity index (χ3v) is 2.95. The van der Waals surface area contributed by atoms with Crippen molar-refractivity contribution in [3.8, 4) is 0 Å². The summed E-state index contributed by atoms with van der Waals surface area (Å²) in [5.41, 5.74) is 3.92. The molecule has 2 rings (SSSR count). The van der Waals surface area contributed by atoms with Crippen LogP contribution in [0.3, 0.4) is 0 Å². The zero-order valence-electron chi connectivity index (χ0n) is 10.1. The third-order valence-electron chi connectivity index (χ3n) is 2.95. The van der Waals surface area contributed by atoms with E-state index in [0.717, 1.165) is 11.1 Å². The summed E-state index contributed by atoms with van der Waals surface area (Å²) < 4.78 is 5.28. The Kier molecular flexibility index (Phi) is 2.38. The molecule has 1 heterocycles. The molecule has 0 spiro atoms. The summed E-state index contributed by atoms with van der Waals surface area (Å²) >= 11 is 0. The van der Waals surface area contributed by atoms with Gasteiger partial charge in [0.05, 0.1) is 0 Å². The largest absolute Gasteiger partial charge is 0.452 e. The molecule has 0 saturated heterocycles. The molecule has 0 saturated carbocycles. The van der Waals surface area contributed by atoms with Crippen molar-refractivity contribution in [3.05, 3.63) is 41.0 Å². The zero-order valence-corrected chi connectivity index (χ0v) is 10.1. The highest BCUT2D eigenvalue weighted by Crippen LogP contribution is 2.36. The summed E-state index contributed by atoms with van der Waals surface area (Å²) in [6.07, 6.45) is 1.60. The molecule has 0 aliphatic carbocycles. The van der Waals surface area contributed by atoms with Crippen molar-refractivity contribution in [1.29, 1.82) is 0 Å². The number of hydrogen-bond acceptors (Lipinski definition) is 2. The maximum Gasteiger partial charge on any atom is 0.332 e. The molecule has 2 nitrogen and oxygen atoms in total. The Morgan fingerprint density at radius 3 is 2.44 bits per heavy atom. The van der Waals surface area contributed by atoms with Crippen LogP contribution in [0.15, 0.2) is 24.3 Å². The molecule has 84 valence electrons. The van der Waals surface area contributed by atoms with Crippen molar-refractivity contribution < 1.29 is 9.53 Å². The average molecular weight is 216 g/mol. The van der Waals surface area contributed by atoms with Crippen LogP contribution in [-0.4, -0.2) is 11.6 Å². The van der Waals surface area contributed by atoms with E-state index in [4.69, 9.17) is 4.74 Å². The number of carbonyl (C=O) groups is 1. The first kappa shape index (κ1) is 10.9. The lowest BCUT2D eigenvalue weighted by molar-refractivity contribution is -0.142. The number of cyclic esters (lactones) is 1. The van der Waals surface area contributed by atoms with Crippen molar-refractivity contribution in [2.75, 3.05) is 0 Å². The summed E-state index contributed by atoms with van der Waals surface area (Å²) in [5.74, 6) is -0.249. The molecular weight excluding hydrogens is 200 g/mol. The molecule has 0 atom stereocenters. The van der Waals surface area contributed by atoms with E-state index in [0.29, 0.717) is 0 Å². The summed E-state index contributed by atoms with van der Waals surface area (Å²) in [5, 5.41) is 0. The molecule has 0 aromatic heterocycles. The van der Waals surface area contributed by atoms with Crippen LogP contribution in [0, 0.1) is 13.8 Å². The number of carbonyl (C=O) groups excluding carboxylic acids is 1. The topological polar surface area (TPSA) is 26.3 Å². The van der Waals surface area contributed by atoms with Crippen LogP contribution < -0.4 is 0 Å². The van der Waals surface area contributed by atoms with Gasteiger partial charge in [0.2, 0.25) is 0 Å². The SMILES string of the molecule is Cc1ccc(C)c(C2=CC(=O)OC2(C)C)c1. The van der Waals surface area contributed by atoms with E-state index < -0.39 is 5.60 Å². The van der Waals surface area contributed by atoms with Gasteiger partial charge in [0.15, 0.2) is 0 Å². The highest BCUT2D eigenvalue weighted by atomic mass is 16.6. The van der Waals surface area contributed by atoms with Crippen molar-refractivity contribution >= 4 is 11.5 Å². The first-order valence-corrected chi connectivity index (χ1v) is 5.43. The minimum absolute atomic E-state index is 0.249. The Bertz CT molecular complexity index is 482. The summed E-state index contributed by atoms with van der Waals surface area (Å²) in [7, 11) is 0. The van der Waals surface area contributed by atoms with Gasteiger partial charge in [-0.1, -0.05) is 23.8 Å². The van der Waals surface area contributed by atoms with Crippen LogP contribution in [0.25, 0.3) is 5.57 Å². The molecule has 1 aromatic carbocycles. The van der Waals surface area contributed by atoms with Gasteiger partial charge in [-0.05, 0) is 38.8 Å². The van der Waals surface area contributed by atoms with Gasteiger partial charge in [0.1, 0.15) is 5.60 Å². The summed E-state index contributed by atoms with van der Waals surface area (Å²) in [6.45, 7) is 7.94. The van der Waals surface area contributed by atoms with Gasteiger partial charge in [-0.25, -0.2) is 4.79 Å². The van der Waals surface area contributed by atoms with Gasteiger partial charge in [-0.2, -0.15) is 0 Å². The van der Waals surface area contributed by atoms with E-state index in [1.807, 2.05) is 20.8 Å². The van der Waals surface area contributed by atoms with Gasteiger partial charge in [0, 0.05) is 11.6 Å². The van der Waals surface area contributed by atoms with Gasteiger partial charge in [-0.3, -0.25) is 0 Å². The molecular formula is C14H16O2. The molecule has 1 aliphatic heterocycles. The fourth-order valence-electron chi connectivity index (χ4n) is 2.06. The Balaban J connectivity index is 2.56. The van der Waals surface area contributed by atoms with E-state index >= 15 is 0 Å². The standard InChI is InChI=1S/C14H16O2/c1-9-5-6-10(2)11(7-9)12-8-13(15)16-14(12,3)4/h5-8H,1-4H3. The summed E-state index contributed by atoms with van der Waals surface area (Å²) in [4.78, 5) is 11.3. The molecule has 0 N–H and O–H groups in total. The number of hydrogen-bond donors (Lipinski definition) is 0. The third kappa shape index (κ3) is 1.75. The lowest BCUT2D eigenvalue weighted by atomic mass is 9.89. The Labute approximate surface area is 95.9 Å². The minimum Gasteiger partial charge on any atom is -0.452 e. The number of aryl methyl sites for hydroxylation is 2. The first-order chi connectivity index (χ1) is 7.40. The molecule has 0 fully saturated rings. The molecule has 0 unspecified atom stereocenters. The second kappa shape index (κ2) is 3.48. The fourth-order valence-corrected chi connectivity index (χ4v) is 2.06. The predicted octanol–water partition coefficient (Wildman–Crippen LogP) is 3.02. The van der Waals surface area contributed by atoms with E-state index in [-0.39, 0.29) is 5.97 Å². The lowest BCUT2D eigenvalue weighted by Crippen LogP contribution is -2.22. The molecule has 1 aliphatic rings. The highest BCUT2D eigenvalue weighted by molar-refractivity contribution is 5.99. The van der Waals surface area contributed by atoms with Gasteiger partial charge in [-0.15, -0.1) is 0 Å². The predicted molar refractivity (Wildman–Crippen MR) is 64.1 cm³/mol. The number of rotatable bonds is 1. The second-order valence-electron chi connectivity index (χ2n) is 4.81. The normalized spacial score (nSPS) is 18.2. The van der Waals surface area contributed by atoms with Crippen molar-refractivity contribution in [2.24, 2.45) is 0 Å². The van der Waals surface area contributed by atoms with Gasteiger partial charge < -0.3 is 4.74 Å². The van der Waals surface area contributed by atoms with E-state index in [1.165, 1.54) is 11.1 Å². The average Bonchev–Trinajstić information content (AvgIpc) is 2.43. The number of esters is 1. The number of benzene rings is 1. The summed E-state index contributed by atoms with van der Waals surface area (Å²) in [6, 6.07) is 6.25. The van der Waals surface area contributed by atoms with Crippen molar-refractivity contribution in [2.45, 2.75) is 33.3 Å². The van der Waals surface area contributed by atoms with Crippen LogP contribution >= 0.6 is 0 Å². The molecule has 0 radical (unpaired) electrons. The molecule has 2 heteroatoms. The first-order valence-electron chi connectivity index (χ1n) is 5.43. The van der Waals surface area contributed by atoms with Crippen LogP contribution in [0.1, 0.15) is 30.5 Å². The number of ether oxygens (including phenoxy) is 1. The van der Waals surface area contributed by atoms with E-state index in [9.17, 15) is 4.79 Å². The fraction of sp³-hybridized carbons (Fsp3) is 0.357. The Morgan fingerprint density at radius 2 is 1.88 bits per heavy atom. The molecule has 16 heavy (non-hydrogen) atoms. The smallest absolute Gasteiger partial charge is 0.332 e. The maximum atomic E-state index is 11.3. The van der Waals surface area contributed by atoms with Gasteiger partial charge >= 0.3 is 5.97 Å². The monoisotopic (exact) mass is 216 g/mol. The Morgan fingerprint density at radius 1 is 1.19 bits per heavy atom. The molecule has 0 amide bonds. The zero-order chi connectivity index (χ0) is 11.9. The maximum absolute atomic E-state index is 11.3. The van der Waals surface area contributed by atoms with Crippen LogP contribution in [-0.2, 0) is 9.53 Å². The van der Waals surface area contributed by atoms with Gasteiger partial charge in [0.25, 0.3) is 0 Å². The van der Waals surface area contributed by atoms with Crippen molar-refractivity contribution in [3.63, 3.8) is 0 Å². The van der Waals surface area contributed by atoms with E-state index in [1.54, 1.807) is 6.08 Å². The van der Waals surface area contributed by atoms with Crippen LogP contribution in [0.4, 0.5) is 0 Å². The van der Waals surface area contributed by atoms with E-state index in [2.05, 4.69) is 25.1 Å². The van der Waals surface area contributed by atoms with Crippen LogP contribution in [0.2, 0.25) is 0 Å². The lowest BCUT2D eigenvalue weighted by Gasteiger charge is -2.23. The minimum atomic E-state index is -0.518. The second-order valence-corrected chi connectivity index (χ2v) is 4.81.